The normalized spacial score (nSPS) is 23.7. The van der Waals surface area contributed by atoms with Gasteiger partial charge in [-0.05, 0) is 44.5 Å². The number of piperidine rings is 1. The Labute approximate surface area is 111 Å². The summed E-state index contributed by atoms with van der Waals surface area (Å²) in [5, 5.41) is 6.26. The Kier molecular flexibility index (Phi) is 3.88. The van der Waals surface area contributed by atoms with Crippen LogP contribution >= 0.6 is 11.6 Å². The lowest BCUT2D eigenvalue weighted by Gasteiger charge is -2.32. The molecule has 1 amide bonds. The van der Waals surface area contributed by atoms with Crippen LogP contribution in [0.4, 0.5) is 10.1 Å². The van der Waals surface area contributed by atoms with Gasteiger partial charge in [0.25, 0.3) is 0 Å². The molecule has 1 atom stereocenters. The van der Waals surface area contributed by atoms with Crippen molar-refractivity contribution < 1.29 is 9.18 Å². The van der Waals surface area contributed by atoms with Crippen LogP contribution in [0, 0.1) is 11.2 Å². The Balaban J connectivity index is 2.13. The SMILES string of the molecule is CC1(C(=O)Nc2cc(F)ccc2Cl)CCCNC1. The number of hydrogen-bond donors (Lipinski definition) is 2. The van der Waals surface area contributed by atoms with Crippen LogP contribution in [0.2, 0.25) is 5.02 Å². The van der Waals surface area contributed by atoms with Crippen molar-refractivity contribution in [2.75, 3.05) is 18.4 Å². The molecule has 0 aliphatic carbocycles. The Bertz CT molecular complexity index is 458. The molecule has 1 aliphatic heterocycles. The van der Waals surface area contributed by atoms with Gasteiger partial charge in [-0.25, -0.2) is 4.39 Å². The van der Waals surface area contributed by atoms with Crippen molar-refractivity contribution in [3.63, 3.8) is 0 Å². The summed E-state index contributed by atoms with van der Waals surface area (Å²) < 4.78 is 13.1. The topological polar surface area (TPSA) is 41.1 Å². The summed E-state index contributed by atoms with van der Waals surface area (Å²) in [7, 11) is 0. The first-order chi connectivity index (χ1) is 8.51. The maximum atomic E-state index is 13.1. The fraction of sp³-hybridized carbons (Fsp3) is 0.462. The van der Waals surface area contributed by atoms with Gasteiger partial charge in [0, 0.05) is 6.54 Å². The number of rotatable bonds is 2. The highest BCUT2D eigenvalue weighted by Gasteiger charge is 2.34. The molecule has 1 unspecified atom stereocenters. The number of benzene rings is 1. The highest BCUT2D eigenvalue weighted by atomic mass is 35.5. The van der Waals surface area contributed by atoms with Crippen LogP contribution in [0.25, 0.3) is 0 Å². The monoisotopic (exact) mass is 270 g/mol. The van der Waals surface area contributed by atoms with Crippen molar-refractivity contribution in [3.8, 4) is 0 Å². The molecule has 1 aromatic rings. The summed E-state index contributed by atoms with van der Waals surface area (Å²) in [6.07, 6.45) is 1.78. The third-order valence-corrected chi connectivity index (χ3v) is 3.65. The summed E-state index contributed by atoms with van der Waals surface area (Å²) in [6.45, 7) is 3.47. The van der Waals surface area contributed by atoms with Crippen LogP contribution < -0.4 is 10.6 Å². The molecule has 1 aromatic carbocycles. The lowest BCUT2D eigenvalue weighted by atomic mass is 9.82. The summed E-state index contributed by atoms with van der Waals surface area (Å²) in [6, 6.07) is 3.94. The van der Waals surface area contributed by atoms with Crippen molar-refractivity contribution >= 4 is 23.2 Å². The molecule has 3 nitrogen and oxygen atoms in total. The van der Waals surface area contributed by atoms with Gasteiger partial charge in [-0.3, -0.25) is 4.79 Å². The molecule has 0 saturated carbocycles. The summed E-state index contributed by atoms with van der Waals surface area (Å²) >= 11 is 5.93. The number of anilines is 1. The first-order valence-corrected chi connectivity index (χ1v) is 6.36. The van der Waals surface area contributed by atoms with E-state index in [4.69, 9.17) is 11.6 Å². The predicted molar refractivity (Wildman–Crippen MR) is 70.3 cm³/mol. The minimum absolute atomic E-state index is 0.123. The second-order valence-electron chi connectivity index (χ2n) is 4.92. The largest absolute Gasteiger partial charge is 0.324 e. The van der Waals surface area contributed by atoms with Gasteiger partial charge >= 0.3 is 0 Å². The average Bonchev–Trinajstić information content (AvgIpc) is 2.35. The van der Waals surface area contributed by atoms with Gasteiger partial charge in [-0.2, -0.15) is 0 Å². The van der Waals surface area contributed by atoms with E-state index < -0.39 is 11.2 Å². The smallest absolute Gasteiger partial charge is 0.231 e. The summed E-state index contributed by atoms with van der Waals surface area (Å²) in [5.74, 6) is -0.538. The Morgan fingerprint density at radius 3 is 3.00 bits per heavy atom. The van der Waals surface area contributed by atoms with Crippen LogP contribution in [-0.2, 0) is 4.79 Å². The van der Waals surface area contributed by atoms with E-state index in [1.165, 1.54) is 18.2 Å². The Morgan fingerprint density at radius 1 is 1.56 bits per heavy atom. The van der Waals surface area contributed by atoms with Crippen LogP contribution in [0.3, 0.4) is 0 Å². The first kappa shape index (κ1) is 13.3. The Morgan fingerprint density at radius 2 is 2.33 bits per heavy atom. The first-order valence-electron chi connectivity index (χ1n) is 5.98. The maximum absolute atomic E-state index is 13.1. The van der Waals surface area contributed by atoms with Gasteiger partial charge < -0.3 is 10.6 Å². The zero-order chi connectivity index (χ0) is 13.2. The molecule has 18 heavy (non-hydrogen) atoms. The molecule has 1 fully saturated rings. The molecular weight excluding hydrogens is 255 g/mol. The third kappa shape index (κ3) is 2.82. The van der Waals surface area contributed by atoms with E-state index >= 15 is 0 Å². The molecule has 0 spiro atoms. The van der Waals surface area contributed by atoms with Crippen molar-refractivity contribution in [1.29, 1.82) is 0 Å². The molecule has 1 saturated heterocycles. The van der Waals surface area contributed by atoms with E-state index in [9.17, 15) is 9.18 Å². The van der Waals surface area contributed by atoms with Gasteiger partial charge in [-0.15, -0.1) is 0 Å². The number of amides is 1. The van der Waals surface area contributed by atoms with Crippen molar-refractivity contribution in [1.82, 2.24) is 5.32 Å². The van der Waals surface area contributed by atoms with E-state index in [1.807, 2.05) is 6.92 Å². The zero-order valence-electron chi connectivity index (χ0n) is 10.2. The summed E-state index contributed by atoms with van der Waals surface area (Å²) in [4.78, 5) is 12.2. The molecule has 5 heteroatoms. The minimum atomic E-state index is -0.464. The molecule has 0 aromatic heterocycles. The van der Waals surface area contributed by atoms with E-state index in [1.54, 1.807) is 0 Å². The van der Waals surface area contributed by atoms with Gasteiger partial charge in [0.15, 0.2) is 0 Å². The molecular formula is C13H16ClFN2O. The van der Waals surface area contributed by atoms with Gasteiger partial charge in [0.1, 0.15) is 5.82 Å². The quantitative estimate of drug-likeness (QED) is 0.868. The van der Waals surface area contributed by atoms with Crippen LogP contribution in [0.5, 0.6) is 0 Å². The maximum Gasteiger partial charge on any atom is 0.231 e. The molecule has 2 N–H and O–H groups in total. The van der Waals surface area contributed by atoms with Crippen molar-refractivity contribution in [2.24, 2.45) is 5.41 Å². The number of nitrogens with one attached hydrogen (secondary N) is 2. The number of hydrogen-bond acceptors (Lipinski definition) is 2. The lowest BCUT2D eigenvalue weighted by molar-refractivity contribution is -0.125. The fourth-order valence-corrected chi connectivity index (χ4v) is 2.28. The fourth-order valence-electron chi connectivity index (χ4n) is 2.12. The van der Waals surface area contributed by atoms with Crippen molar-refractivity contribution in [3.05, 3.63) is 29.0 Å². The van der Waals surface area contributed by atoms with Crippen LogP contribution in [-0.4, -0.2) is 19.0 Å². The molecule has 98 valence electrons. The second kappa shape index (κ2) is 5.24. The molecule has 0 radical (unpaired) electrons. The van der Waals surface area contributed by atoms with Crippen LogP contribution in [0.15, 0.2) is 18.2 Å². The minimum Gasteiger partial charge on any atom is -0.324 e. The van der Waals surface area contributed by atoms with E-state index in [0.717, 1.165) is 19.4 Å². The molecule has 1 heterocycles. The number of carbonyl (C=O) groups excluding carboxylic acids is 1. The standard InChI is InChI=1S/C13H16ClFN2O/c1-13(5-2-6-16-8-13)12(18)17-11-7-9(15)3-4-10(11)14/h3-4,7,16H,2,5-6,8H2,1H3,(H,17,18). The average molecular weight is 271 g/mol. The number of halogens is 2. The highest BCUT2D eigenvalue weighted by Crippen LogP contribution is 2.29. The van der Waals surface area contributed by atoms with E-state index in [2.05, 4.69) is 10.6 Å². The van der Waals surface area contributed by atoms with Crippen molar-refractivity contribution in [2.45, 2.75) is 19.8 Å². The predicted octanol–water partition coefficient (Wildman–Crippen LogP) is 2.81. The zero-order valence-corrected chi connectivity index (χ0v) is 11.0. The van der Waals surface area contributed by atoms with E-state index in [-0.39, 0.29) is 5.91 Å². The second-order valence-corrected chi connectivity index (χ2v) is 5.33. The highest BCUT2D eigenvalue weighted by molar-refractivity contribution is 6.33. The van der Waals surface area contributed by atoms with E-state index in [0.29, 0.717) is 17.3 Å². The van der Waals surface area contributed by atoms with Gasteiger partial charge in [0.05, 0.1) is 16.1 Å². The number of carbonyl (C=O) groups is 1. The Hall–Kier alpha value is -1.13. The summed E-state index contributed by atoms with van der Waals surface area (Å²) in [5.41, 5.74) is -0.137. The van der Waals surface area contributed by atoms with Gasteiger partial charge in [-0.1, -0.05) is 11.6 Å². The lowest BCUT2D eigenvalue weighted by Crippen LogP contribution is -2.46. The van der Waals surface area contributed by atoms with Crippen LogP contribution in [0.1, 0.15) is 19.8 Å². The third-order valence-electron chi connectivity index (χ3n) is 3.32. The molecule has 0 bridgehead atoms. The molecule has 1 aliphatic rings. The molecule has 2 rings (SSSR count). The van der Waals surface area contributed by atoms with Gasteiger partial charge in [0.2, 0.25) is 5.91 Å².